The fraction of sp³-hybridized carbons (Fsp3) is 0.625. The number of benzene rings is 1. The smallest absolute Gasteiger partial charge is 0.00228 e. The van der Waals surface area contributed by atoms with Crippen molar-refractivity contribution in [3.8, 4) is 0 Å². The van der Waals surface area contributed by atoms with Crippen molar-refractivity contribution in [2.75, 3.05) is 0 Å². The molecule has 1 heteroatoms. The number of hydrogen-bond donors (Lipinski definition) is 0. The zero-order chi connectivity index (χ0) is 13.3. The molecular weight excluding hydrogens is 223 g/mol. The van der Waals surface area contributed by atoms with Crippen LogP contribution in [0.3, 0.4) is 0 Å². The molecule has 0 amide bonds. The first-order valence-electron chi connectivity index (χ1n) is 6.48. The molecule has 0 aliphatic heterocycles. The van der Waals surface area contributed by atoms with Crippen molar-refractivity contribution >= 4 is 7.92 Å². The first kappa shape index (κ1) is 14.7. The molecule has 0 spiro atoms. The van der Waals surface area contributed by atoms with Crippen LogP contribution in [-0.2, 0) is 0 Å². The summed E-state index contributed by atoms with van der Waals surface area (Å²) in [5.41, 5.74) is 2.15. The molecule has 17 heavy (non-hydrogen) atoms. The van der Waals surface area contributed by atoms with Gasteiger partial charge in [-0.2, -0.15) is 0 Å². The van der Waals surface area contributed by atoms with Gasteiger partial charge in [0, 0.05) is 5.66 Å². The fourth-order valence-electron chi connectivity index (χ4n) is 3.05. The molecule has 96 valence electrons. The summed E-state index contributed by atoms with van der Waals surface area (Å²) in [5.74, 6) is 0. The van der Waals surface area contributed by atoms with Crippen LogP contribution in [0.2, 0.25) is 0 Å². The van der Waals surface area contributed by atoms with Crippen LogP contribution in [-0.4, -0.2) is 10.3 Å². The third kappa shape index (κ3) is 3.81. The first-order valence-corrected chi connectivity index (χ1v) is 7.89. The van der Waals surface area contributed by atoms with Gasteiger partial charge in [-0.05, 0) is 15.9 Å². The maximum atomic E-state index is 2.40. The van der Waals surface area contributed by atoms with Crippen LogP contribution in [0.25, 0.3) is 0 Å². The van der Waals surface area contributed by atoms with E-state index in [1.165, 1.54) is 5.56 Å². The molecule has 1 rings (SSSR count). The van der Waals surface area contributed by atoms with E-state index in [-0.39, 0.29) is 7.92 Å². The molecule has 0 N–H and O–H groups in total. The topological polar surface area (TPSA) is 0 Å². The number of hydrogen-bond acceptors (Lipinski definition) is 0. The van der Waals surface area contributed by atoms with Gasteiger partial charge in [0.15, 0.2) is 0 Å². The molecule has 0 aliphatic carbocycles. The van der Waals surface area contributed by atoms with E-state index in [0.29, 0.717) is 16.0 Å². The average molecular weight is 250 g/mol. The SMILES string of the molecule is CC(c1ccccc1)P(C(C)(C)C)C(C)(C)C. The van der Waals surface area contributed by atoms with E-state index in [2.05, 4.69) is 78.8 Å². The summed E-state index contributed by atoms with van der Waals surface area (Å²) in [6.45, 7) is 16.8. The Hall–Kier alpha value is -0.350. The van der Waals surface area contributed by atoms with E-state index < -0.39 is 0 Å². The normalized spacial score (nSPS) is 15.1. The van der Waals surface area contributed by atoms with E-state index in [0.717, 1.165) is 0 Å². The molecule has 0 radical (unpaired) electrons. The Labute approximate surface area is 109 Å². The predicted molar refractivity (Wildman–Crippen MR) is 81.3 cm³/mol. The average Bonchev–Trinajstić information content (AvgIpc) is 2.14. The van der Waals surface area contributed by atoms with Gasteiger partial charge in [0.05, 0.1) is 0 Å². The van der Waals surface area contributed by atoms with Crippen molar-refractivity contribution in [1.29, 1.82) is 0 Å². The second kappa shape index (κ2) is 5.11. The molecule has 1 unspecified atom stereocenters. The minimum Gasteiger partial charge on any atom is -0.0882 e. The summed E-state index contributed by atoms with van der Waals surface area (Å²) in [4.78, 5) is 0. The third-order valence-corrected chi connectivity index (χ3v) is 7.08. The van der Waals surface area contributed by atoms with Gasteiger partial charge in [-0.25, -0.2) is 0 Å². The zero-order valence-electron chi connectivity index (χ0n) is 12.4. The lowest BCUT2D eigenvalue weighted by molar-refractivity contribution is 0.689. The molecule has 1 atom stereocenters. The quantitative estimate of drug-likeness (QED) is 0.579. The zero-order valence-corrected chi connectivity index (χ0v) is 13.3. The van der Waals surface area contributed by atoms with Crippen LogP contribution >= 0.6 is 7.92 Å². The Morgan fingerprint density at radius 1 is 0.824 bits per heavy atom. The van der Waals surface area contributed by atoms with E-state index in [1.807, 2.05) is 0 Å². The summed E-state index contributed by atoms with van der Waals surface area (Å²) in [6, 6.07) is 11.0. The van der Waals surface area contributed by atoms with E-state index in [1.54, 1.807) is 0 Å². The van der Waals surface area contributed by atoms with Crippen LogP contribution in [0, 0.1) is 0 Å². The van der Waals surface area contributed by atoms with Crippen molar-refractivity contribution in [3.05, 3.63) is 35.9 Å². The Kier molecular flexibility index (Phi) is 4.42. The maximum absolute atomic E-state index is 2.40. The summed E-state index contributed by atoms with van der Waals surface area (Å²) < 4.78 is 0. The molecule has 1 aromatic rings. The molecule has 1 aromatic carbocycles. The highest BCUT2D eigenvalue weighted by atomic mass is 31.1. The monoisotopic (exact) mass is 250 g/mol. The Bertz CT molecular complexity index is 326. The largest absolute Gasteiger partial charge is 0.0882 e. The van der Waals surface area contributed by atoms with E-state index in [9.17, 15) is 0 Å². The van der Waals surface area contributed by atoms with Crippen LogP contribution in [0.1, 0.15) is 59.7 Å². The summed E-state index contributed by atoms with van der Waals surface area (Å²) in [6.07, 6.45) is 0. The lowest BCUT2D eigenvalue weighted by Crippen LogP contribution is -2.27. The Morgan fingerprint density at radius 2 is 1.24 bits per heavy atom. The van der Waals surface area contributed by atoms with Crippen LogP contribution < -0.4 is 0 Å². The van der Waals surface area contributed by atoms with Gasteiger partial charge in [0.1, 0.15) is 0 Å². The highest BCUT2D eigenvalue weighted by molar-refractivity contribution is 7.61. The van der Waals surface area contributed by atoms with E-state index in [4.69, 9.17) is 0 Å². The Balaban J connectivity index is 3.09. The Morgan fingerprint density at radius 3 is 1.59 bits per heavy atom. The molecular formula is C16H27P. The summed E-state index contributed by atoms with van der Waals surface area (Å²) >= 11 is 0. The maximum Gasteiger partial charge on any atom is 0.00228 e. The lowest BCUT2D eigenvalue weighted by Gasteiger charge is -2.45. The van der Waals surface area contributed by atoms with Crippen LogP contribution in [0.5, 0.6) is 0 Å². The predicted octanol–water partition coefficient (Wildman–Crippen LogP) is 5.83. The van der Waals surface area contributed by atoms with Gasteiger partial charge >= 0.3 is 0 Å². The highest BCUT2D eigenvalue weighted by Gasteiger charge is 2.38. The minimum atomic E-state index is -0.0802. The van der Waals surface area contributed by atoms with Gasteiger partial charge in [0.2, 0.25) is 0 Å². The first-order chi connectivity index (χ1) is 7.64. The second-order valence-corrected chi connectivity index (χ2v) is 11.0. The number of rotatable bonds is 2. The minimum absolute atomic E-state index is 0.0802. The van der Waals surface area contributed by atoms with Crippen molar-refractivity contribution in [3.63, 3.8) is 0 Å². The molecule has 0 aliphatic rings. The van der Waals surface area contributed by atoms with Gasteiger partial charge in [-0.3, -0.25) is 0 Å². The van der Waals surface area contributed by atoms with E-state index >= 15 is 0 Å². The summed E-state index contributed by atoms with van der Waals surface area (Å²) in [5, 5.41) is 0.783. The fourth-order valence-corrected chi connectivity index (χ4v) is 7.86. The van der Waals surface area contributed by atoms with Gasteiger partial charge < -0.3 is 0 Å². The molecule has 0 saturated heterocycles. The van der Waals surface area contributed by atoms with Crippen LogP contribution in [0.15, 0.2) is 30.3 Å². The highest BCUT2D eigenvalue weighted by Crippen LogP contribution is 2.67. The molecule has 0 saturated carbocycles. The van der Waals surface area contributed by atoms with Crippen molar-refractivity contribution in [2.24, 2.45) is 0 Å². The van der Waals surface area contributed by atoms with Gasteiger partial charge in [-0.15, -0.1) is 0 Å². The van der Waals surface area contributed by atoms with Crippen molar-refractivity contribution < 1.29 is 0 Å². The molecule has 0 fully saturated rings. The summed E-state index contributed by atoms with van der Waals surface area (Å²) in [7, 11) is -0.0802. The molecule has 0 nitrogen and oxygen atoms in total. The van der Waals surface area contributed by atoms with Gasteiger partial charge in [0.25, 0.3) is 0 Å². The van der Waals surface area contributed by atoms with Crippen LogP contribution in [0.4, 0.5) is 0 Å². The molecule has 0 heterocycles. The van der Waals surface area contributed by atoms with Gasteiger partial charge in [-0.1, -0.05) is 86.7 Å². The molecule has 0 bridgehead atoms. The standard InChI is InChI=1S/C16H27P/c1-13(14-11-9-8-10-12-14)17(15(2,3)4)16(5,6)7/h8-13H,1-7H3. The van der Waals surface area contributed by atoms with Crippen molar-refractivity contribution in [1.82, 2.24) is 0 Å². The molecule has 0 aromatic heterocycles. The second-order valence-electron chi connectivity index (χ2n) is 6.80. The lowest BCUT2D eigenvalue weighted by atomic mass is 10.2. The third-order valence-electron chi connectivity index (χ3n) is 3.11. The van der Waals surface area contributed by atoms with Crippen molar-refractivity contribution in [2.45, 2.75) is 64.4 Å².